The third kappa shape index (κ3) is 8.32. The van der Waals surface area contributed by atoms with Gasteiger partial charge >= 0.3 is 52.8 Å². The normalized spacial score (nSPS) is 13.5. The summed E-state index contributed by atoms with van der Waals surface area (Å²) in [5.74, 6) is -2.08. The van der Waals surface area contributed by atoms with E-state index in [2.05, 4.69) is 4.18 Å². The first-order valence-corrected chi connectivity index (χ1v) is 16.6. The van der Waals surface area contributed by atoms with Crippen LogP contribution in [-0.4, -0.2) is 62.0 Å². The fraction of sp³-hybridized carbons (Fsp3) is 0.240. The molecule has 0 fully saturated rings. The second kappa shape index (κ2) is 13.7. The molecular weight excluding hydrogens is 778 g/mol. The van der Waals surface area contributed by atoms with Crippen LogP contribution in [0.5, 0.6) is 17.2 Å². The van der Waals surface area contributed by atoms with Crippen molar-refractivity contribution in [3.63, 3.8) is 0 Å². The number of esters is 1. The number of ether oxygens (including phenoxy) is 3. The van der Waals surface area contributed by atoms with Gasteiger partial charge in [-0.1, -0.05) is 18.2 Å². The van der Waals surface area contributed by atoms with Crippen molar-refractivity contribution < 1.29 is 96.0 Å². The monoisotopic (exact) mass is 794 g/mol. The molecule has 25 heteroatoms. The maximum Gasteiger partial charge on any atom is 0.534 e. The second-order valence-electron chi connectivity index (χ2n) is 9.17. The van der Waals surface area contributed by atoms with Gasteiger partial charge in [0.2, 0.25) is 0 Å². The predicted octanol–water partition coefficient (Wildman–Crippen LogP) is 5.78. The molecule has 0 amide bonds. The van der Waals surface area contributed by atoms with E-state index in [1.165, 1.54) is 36.4 Å². The Morgan fingerprint density at radius 3 is 1.70 bits per heavy atom. The summed E-state index contributed by atoms with van der Waals surface area (Å²) in [5.41, 5.74) is -16.8. The summed E-state index contributed by atoms with van der Waals surface area (Å²) >= 11 is 0. The van der Waals surface area contributed by atoms with Crippen LogP contribution in [0.3, 0.4) is 0 Å². The number of hydrogen-bond acceptors (Lipinski definition) is 12. The van der Waals surface area contributed by atoms with E-state index < -0.39 is 64.4 Å². The van der Waals surface area contributed by atoms with Crippen LogP contribution >= 0.6 is 0 Å². The Morgan fingerprint density at radius 2 is 1.22 bits per heavy atom. The number of fused-ring (bicyclic) bond motifs is 3. The molecule has 0 N–H and O–H groups in total. The number of rotatable bonds is 7. The molecule has 3 aromatic carbocycles. The number of benzene rings is 3. The summed E-state index contributed by atoms with van der Waals surface area (Å²) in [5, 5.41) is 0. The fourth-order valence-electron chi connectivity index (χ4n) is 3.80. The smallest absolute Gasteiger partial charge is 0.493 e. The fourth-order valence-corrected chi connectivity index (χ4v) is 5.83. The molecule has 12 nitrogen and oxygen atoms in total. The summed E-state index contributed by atoms with van der Waals surface area (Å²) in [6, 6.07) is 11.0. The zero-order chi connectivity index (χ0) is 38.3. The van der Waals surface area contributed by atoms with E-state index in [-0.39, 0.29) is 40.4 Å². The number of alkyl halides is 9. The first-order chi connectivity index (χ1) is 22.7. The van der Waals surface area contributed by atoms with Crippen molar-refractivity contribution in [2.75, 3.05) is 14.2 Å². The molecule has 276 valence electrons. The number of hydrogen-bond donors (Lipinski definition) is 0. The van der Waals surface area contributed by atoms with Gasteiger partial charge < -0.3 is 18.4 Å². The van der Waals surface area contributed by atoms with Crippen molar-refractivity contribution >= 4 is 36.3 Å². The highest BCUT2D eigenvalue weighted by Crippen LogP contribution is 2.46. The van der Waals surface area contributed by atoms with Gasteiger partial charge in [0.25, 0.3) is 0 Å². The lowest BCUT2D eigenvalue weighted by molar-refractivity contribution is -0.0586. The maximum absolute atomic E-state index is 14.5. The van der Waals surface area contributed by atoms with Crippen molar-refractivity contribution in [2.45, 2.75) is 23.1 Å². The molecule has 0 radical (unpaired) electrons. The van der Waals surface area contributed by atoms with Crippen LogP contribution in [0, 0.1) is 5.82 Å². The van der Waals surface area contributed by atoms with Gasteiger partial charge in [0.05, 0.1) is 19.8 Å². The molecule has 50 heavy (non-hydrogen) atoms. The third-order valence-corrected chi connectivity index (χ3v) is 9.51. The molecular formula is C25H16F10O12S3. The first kappa shape index (κ1) is 40.1. The summed E-state index contributed by atoms with van der Waals surface area (Å²) in [7, 11) is -17.4. The highest BCUT2D eigenvalue weighted by atomic mass is 32.3. The zero-order valence-electron chi connectivity index (χ0n) is 24.2. The average Bonchev–Trinajstić information content (AvgIpc) is 2.97. The largest absolute Gasteiger partial charge is 0.534 e. The van der Waals surface area contributed by atoms with Gasteiger partial charge in [0.15, 0.2) is 11.5 Å². The van der Waals surface area contributed by atoms with E-state index in [0.717, 1.165) is 20.3 Å². The van der Waals surface area contributed by atoms with Crippen LogP contribution in [-0.2, 0) is 45.3 Å². The molecule has 0 atom stereocenters. The molecule has 0 aromatic heterocycles. The lowest BCUT2D eigenvalue weighted by atomic mass is 9.90. The van der Waals surface area contributed by atoms with Gasteiger partial charge in [0.1, 0.15) is 18.2 Å². The topological polar surface area (TPSA) is 166 Å². The highest BCUT2D eigenvalue weighted by Gasteiger charge is 2.57. The van der Waals surface area contributed by atoms with E-state index in [4.69, 9.17) is 14.2 Å². The van der Waals surface area contributed by atoms with Gasteiger partial charge in [-0.15, -0.1) is 3.63 Å². The Kier molecular flexibility index (Phi) is 11.0. The Balaban J connectivity index is 0.000000381. The van der Waals surface area contributed by atoms with E-state index in [1.807, 2.05) is 3.63 Å². The SMILES string of the molecule is COC(=O)c1cc2c(cc1-c1ccccc1F)OCc1cc(OS(=O)(=O)C(F)(F)F)c(OC)cc1-2.O=S(=O)(OS(=O)(=O)C(F)(F)F)C(F)(F)F. The van der Waals surface area contributed by atoms with Crippen molar-refractivity contribution in [3.05, 3.63) is 65.5 Å². The second-order valence-corrected chi connectivity index (χ2v) is 14.0. The number of carbonyl (C=O) groups is 1. The molecule has 3 aromatic rings. The molecule has 0 aliphatic carbocycles. The van der Waals surface area contributed by atoms with Gasteiger partial charge in [-0.3, -0.25) is 0 Å². The molecule has 0 unspecified atom stereocenters. The van der Waals surface area contributed by atoms with Gasteiger partial charge in [-0.05, 0) is 35.9 Å². The van der Waals surface area contributed by atoms with Crippen LogP contribution < -0.4 is 13.7 Å². The molecule has 0 saturated heterocycles. The standard InChI is InChI=1S/C23H16F4O7S.C2F6O5S2/c1-31-20-9-14-12(7-21(20)34-35(29,30)23(25,26)27)11-33-19-10-15(13-5-3-4-6-18(13)24)17(8-16(14)19)22(28)32-2;3-1(4,5)14(9,10)13-15(11,12)2(6,7)8/h3-10H,11H2,1-2H3;. The highest BCUT2D eigenvalue weighted by molar-refractivity contribution is 8.00. The van der Waals surface area contributed by atoms with Crippen LogP contribution in [0.2, 0.25) is 0 Å². The summed E-state index contributed by atoms with van der Waals surface area (Å²) in [4.78, 5) is 12.5. The lowest BCUT2D eigenvalue weighted by Gasteiger charge is -2.24. The Labute approximate surface area is 274 Å². The number of methoxy groups -OCH3 is 2. The van der Waals surface area contributed by atoms with Crippen LogP contribution in [0.25, 0.3) is 22.3 Å². The van der Waals surface area contributed by atoms with Crippen LogP contribution in [0.1, 0.15) is 15.9 Å². The Hall–Kier alpha value is -4.36. The lowest BCUT2D eigenvalue weighted by Crippen LogP contribution is -2.34. The van der Waals surface area contributed by atoms with Crippen molar-refractivity contribution in [3.8, 4) is 39.5 Å². The summed E-state index contributed by atoms with van der Waals surface area (Å²) in [6.07, 6.45) is 0. The Bertz CT molecular complexity index is 2080. The van der Waals surface area contributed by atoms with E-state index in [1.54, 1.807) is 6.07 Å². The molecule has 0 spiro atoms. The quantitative estimate of drug-likeness (QED) is 0.123. The van der Waals surface area contributed by atoms with E-state index >= 15 is 0 Å². The summed E-state index contributed by atoms with van der Waals surface area (Å²) < 4.78 is 206. The minimum absolute atomic E-state index is 0.00624. The first-order valence-electron chi connectivity index (χ1n) is 12.4. The van der Waals surface area contributed by atoms with Crippen molar-refractivity contribution in [1.82, 2.24) is 0 Å². The number of carbonyl (C=O) groups excluding carboxylic acids is 1. The van der Waals surface area contributed by atoms with E-state index in [0.29, 0.717) is 11.1 Å². The van der Waals surface area contributed by atoms with Gasteiger partial charge in [-0.2, -0.15) is 64.8 Å². The van der Waals surface area contributed by atoms with E-state index in [9.17, 15) is 74.0 Å². The maximum atomic E-state index is 14.5. The van der Waals surface area contributed by atoms with Crippen LogP contribution in [0.4, 0.5) is 43.9 Å². The van der Waals surface area contributed by atoms with Crippen LogP contribution in [0.15, 0.2) is 48.5 Å². The average molecular weight is 795 g/mol. The minimum Gasteiger partial charge on any atom is -0.493 e. The molecule has 1 aliphatic heterocycles. The zero-order valence-corrected chi connectivity index (χ0v) is 26.7. The van der Waals surface area contributed by atoms with Crippen molar-refractivity contribution in [1.29, 1.82) is 0 Å². The number of halogens is 10. The molecule has 4 rings (SSSR count). The summed E-state index contributed by atoms with van der Waals surface area (Å²) in [6.45, 7) is -0.178. The van der Waals surface area contributed by atoms with Gasteiger partial charge in [0, 0.05) is 22.3 Å². The Morgan fingerprint density at radius 1 is 0.680 bits per heavy atom. The predicted molar refractivity (Wildman–Crippen MR) is 146 cm³/mol. The third-order valence-electron chi connectivity index (χ3n) is 5.98. The van der Waals surface area contributed by atoms with Crippen molar-refractivity contribution in [2.24, 2.45) is 0 Å². The molecule has 0 bridgehead atoms. The molecule has 1 heterocycles. The molecule has 1 aliphatic rings. The van der Waals surface area contributed by atoms with Gasteiger partial charge in [-0.25, -0.2) is 9.18 Å². The molecule has 0 saturated carbocycles. The minimum atomic E-state index is -6.85.